The highest BCUT2D eigenvalue weighted by molar-refractivity contribution is 4.78. The van der Waals surface area contributed by atoms with E-state index in [1.165, 1.54) is 57.8 Å². The Morgan fingerprint density at radius 3 is 2.13 bits per heavy atom. The molecule has 2 N–H and O–H groups in total. The SMILES string of the molecule is CC1CCCCC1NNC1CCCCC1. The van der Waals surface area contributed by atoms with Crippen LogP contribution in [-0.2, 0) is 0 Å². The van der Waals surface area contributed by atoms with E-state index in [2.05, 4.69) is 17.8 Å². The van der Waals surface area contributed by atoms with Crippen molar-refractivity contribution in [2.24, 2.45) is 5.92 Å². The summed E-state index contributed by atoms with van der Waals surface area (Å²) in [5.41, 5.74) is 7.16. The van der Waals surface area contributed by atoms with Crippen molar-refractivity contribution in [3.63, 3.8) is 0 Å². The molecule has 0 aromatic rings. The molecule has 15 heavy (non-hydrogen) atoms. The van der Waals surface area contributed by atoms with Crippen LogP contribution in [0.2, 0.25) is 0 Å². The quantitative estimate of drug-likeness (QED) is 0.700. The zero-order chi connectivity index (χ0) is 10.5. The van der Waals surface area contributed by atoms with Crippen LogP contribution in [0.3, 0.4) is 0 Å². The summed E-state index contributed by atoms with van der Waals surface area (Å²) in [5.74, 6) is 0.856. The van der Waals surface area contributed by atoms with Crippen LogP contribution in [0, 0.1) is 5.92 Å². The average Bonchev–Trinajstić information content (AvgIpc) is 2.29. The van der Waals surface area contributed by atoms with Crippen LogP contribution in [0.4, 0.5) is 0 Å². The molecule has 0 saturated heterocycles. The van der Waals surface area contributed by atoms with E-state index in [-0.39, 0.29) is 0 Å². The van der Waals surface area contributed by atoms with Gasteiger partial charge in [-0.25, -0.2) is 0 Å². The molecule has 2 fully saturated rings. The number of hydrazine groups is 1. The highest BCUT2D eigenvalue weighted by atomic mass is 15.4. The van der Waals surface area contributed by atoms with Crippen LogP contribution < -0.4 is 10.9 Å². The fourth-order valence-corrected chi connectivity index (χ4v) is 3.00. The molecular weight excluding hydrogens is 184 g/mol. The predicted molar refractivity (Wildman–Crippen MR) is 64.6 cm³/mol. The van der Waals surface area contributed by atoms with Crippen molar-refractivity contribution in [1.29, 1.82) is 0 Å². The third-order valence-corrected chi connectivity index (χ3v) is 4.19. The molecule has 0 aromatic heterocycles. The van der Waals surface area contributed by atoms with Crippen molar-refractivity contribution in [3.05, 3.63) is 0 Å². The Labute approximate surface area is 94.2 Å². The summed E-state index contributed by atoms with van der Waals surface area (Å²) in [6.45, 7) is 2.39. The molecule has 2 aliphatic rings. The fraction of sp³-hybridized carbons (Fsp3) is 1.00. The van der Waals surface area contributed by atoms with Crippen molar-refractivity contribution in [3.8, 4) is 0 Å². The van der Waals surface area contributed by atoms with E-state index in [1.54, 1.807) is 0 Å². The summed E-state index contributed by atoms with van der Waals surface area (Å²) < 4.78 is 0. The van der Waals surface area contributed by atoms with Gasteiger partial charge in [0.2, 0.25) is 0 Å². The van der Waals surface area contributed by atoms with Crippen molar-refractivity contribution < 1.29 is 0 Å². The van der Waals surface area contributed by atoms with Gasteiger partial charge in [-0.15, -0.1) is 0 Å². The zero-order valence-electron chi connectivity index (χ0n) is 10.1. The van der Waals surface area contributed by atoms with Gasteiger partial charge in [0.25, 0.3) is 0 Å². The third-order valence-electron chi connectivity index (χ3n) is 4.19. The Kier molecular flexibility index (Phi) is 4.45. The van der Waals surface area contributed by atoms with Gasteiger partial charge < -0.3 is 0 Å². The van der Waals surface area contributed by atoms with Gasteiger partial charge in [-0.2, -0.15) is 0 Å². The van der Waals surface area contributed by atoms with Gasteiger partial charge in [0, 0.05) is 12.1 Å². The maximum Gasteiger partial charge on any atom is 0.0238 e. The van der Waals surface area contributed by atoms with Crippen LogP contribution in [0.15, 0.2) is 0 Å². The van der Waals surface area contributed by atoms with E-state index in [0.717, 1.165) is 18.0 Å². The Bertz CT molecular complexity index is 175. The lowest BCUT2D eigenvalue weighted by Gasteiger charge is -2.32. The van der Waals surface area contributed by atoms with E-state index >= 15 is 0 Å². The molecule has 2 saturated carbocycles. The molecular formula is C13H26N2. The maximum absolute atomic E-state index is 3.59. The van der Waals surface area contributed by atoms with Crippen LogP contribution in [0.25, 0.3) is 0 Å². The maximum atomic E-state index is 3.59. The summed E-state index contributed by atoms with van der Waals surface area (Å²) >= 11 is 0. The molecule has 2 aliphatic carbocycles. The summed E-state index contributed by atoms with van der Waals surface area (Å²) in [7, 11) is 0. The topological polar surface area (TPSA) is 24.1 Å². The number of hydrogen-bond acceptors (Lipinski definition) is 2. The summed E-state index contributed by atoms with van der Waals surface area (Å²) in [4.78, 5) is 0. The number of hydrogen-bond donors (Lipinski definition) is 2. The Hall–Kier alpha value is -0.0800. The van der Waals surface area contributed by atoms with Gasteiger partial charge in [0.1, 0.15) is 0 Å². The van der Waals surface area contributed by atoms with Crippen LogP contribution in [-0.4, -0.2) is 12.1 Å². The monoisotopic (exact) mass is 210 g/mol. The highest BCUT2D eigenvalue weighted by Crippen LogP contribution is 2.23. The largest absolute Gasteiger partial charge is 0.255 e. The molecule has 2 rings (SSSR count). The summed E-state index contributed by atoms with van der Waals surface area (Å²) in [5, 5.41) is 0. The summed E-state index contributed by atoms with van der Waals surface area (Å²) in [6, 6.07) is 1.47. The molecule has 0 aromatic carbocycles. The number of rotatable bonds is 3. The van der Waals surface area contributed by atoms with Crippen molar-refractivity contribution >= 4 is 0 Å². The Morgan fingerprint density at radius 1 is 0.733 bits per heavy atom. The molecule has 0 aliphatic heterocycles. The van der Waals surface area contributed by atoms with Gasteiger partial charge in [0.15, 0.2) is 0 Å². The first-order valence-electron chi connectivity index (χ1n) is 6.87. The van der Waals surface area contributed by atoms with E-state index in [4.69, 9.17) is 0 Å². The van der Waals surface area contributed by atoms with Gasteiger partial charge in [-0.05, 0) is 31.6 Å². The van der Waals surface area contributed by atoms with Gasteiger partial charge in [0.05, 0.1) is 0 Å². The molecule has 0 bridgehead atoms. The summed E-state index contributed by atoms with van der Waals surface area (Å²) in [6.07, 6.45) is 12.6. The second kappa shape index (κ2) is 5.86. The lowest BCUT2D eigenvalue weighted by atomic mass is 9.86. The first-order valence-corrected chi connectivity index (χ1v) is 6.87. The normalized spacial score (nSPS) is 34.2. The zero-order valence-corrected chi connectivity index (χ0v) is 10.1. The van der Waals surface area contributed by atoms with Crippen molar-refractivity contribution in [2.45, 2.75) is 76.8 Å². The van der Waals surface area contributed by atoms with Gasteiger partial charge in [-0.3, -0.25) is 10.9 Å². The molecule has 2 atom stereocenters. The minimum atomic E-state index is 0.723. The van der Waals surface area contributed by atoms with E-state index in [1.807, 2.05) is 0 Å². The molecule has 2 heteroatoms. The standard InChI is InChI=1S/C13H26N2/c1-11-7-5-6-10-13(11)15-14-12-8-3-2-4-9-12/h11-15H,2-10H2,1H3. The molecule has 0 radical (unpaired) electrons. The van der Waals surface area contributed by atoms with E-state index in [0.29, 0.717) is 0 Å². The minimum absolute atomic E-state index is 0.723. The van der Waals surface area contributed by atoms with Crippen molar-refractivity contribution in [2.75, 3.05) is 0 Å². The fourth-order valence-electron chi connectivity index (χ4n) is 3.00. The molecule has 0 heterocycles. The smallest absolute Gasteiger partial charge is 0.0238 e. The molecule has 2 nitrogen and oxygen atoms in total. The first kappa shape index (κ1) is 11.4. The molecule has 2 unspecified atom stereocenters. The second-order valence-corrected chi connectivity index (χ2v) is 5.49. The minimum Gasteiger partial charge on any atom is -0.255 e. The van der Waals surface area contributed by atoms with Crippen LogP contribution >= 0.6 is 0 Å². The Balaban J connectivity index is 1.67. The lowest BCUT2D eigenvalue weighted by molar-refractivity contribution is 0.225. The third kappa shape index (κ3) is 3.46. The van der Waals surface area contributed by atoms with Gasteiger partial charge >= 0.3 is 0 Å². The Morgan fingerprint density at radius 2 is 1.40 bits per heavy atom. The lowest BCUT2D eigenvalue weighted by Crippen LogP contribution is -2.50. The first-order chi connectivity index (χ1) is 7.36. The molecule has 88 valence electrons. The van der Waals surface area contributed by atoms with Crippen LogP contribution in [0.1, 0.15) is 64.7 Å². The highest BCUT2D eigenvalue weighted by Gasteiger charge is 2.22. The van der Waals surface area contributed by atoms with E-state index < -0.39 is 0 Å². The van der Waals surface area contributed by atoms with Gasteiger partial charge in [-0.1, -0.05) is 39.0 Å². The predicted octanol–water partition coefficient (Wildman–Crippen LogP) is 2.99. The van der Waals surface area contributed by atoms with E-state index in [9.17, 15) is 0 Å². The number of nitrogens with one attached hydrogen (secondary N) is 2. The molecule has 0 spiro atoms. The van der Waals surface area contributed by atoms with Crippen LogP contribution in [0.5, 0.6) is 0 Å². The average molecular weight is 210 g/mol. The second-order valence-electron chi connectivity index (χ2n) is 5.49. The van der Waals surface area contributed by atoms with Crippen molar-refractivity contribution in [1.82, 2.24) is 10.9 Å². The molecule has 0 amide bonds.